The van der Waals surface area contributed by atoms with Crippen LogP contribution in [0.3, 0.4) is 0 Å². The van der Waals surface area contributed by atoms with Gasteiger partial charge in [0, 0.05) is 31.9 Å². The Bertz CT molecular complexity index is 700. The Balaban J connectivity index is 2.11. The number of carbonyl (C=O) groups is 1. The first-order chi connectivity index (χ1) is 12.5. The van der Waals surface area contributed by atoms with Crippen LogP contribution in [0.1, 0.15) is 17.3 Å². The molecule has 1 aromatic rings. The summed E-state index contributed by atoms with van der Waals surface area (Å²) in [7, 11) is 0. The lowest BCUT2D eigenvalue weighted by Crippen LogP contribution is -2.49. The number of carbonyl (C=O) groups excluding carboxylic acids is 1. The number of amides is 1. The molecule has 1 aliphatic rings. The third-order valence-corrected chi connectivity index (χ3v) is 4.91. The molecule has 1 N–H and O–H groups in total. The predicted octanol–water partition coefficient (Wildman–Crippen LogP) is 3.06. The molecule has 1 fully saturated rings. The van der Waals surface area contributed by atoms with E-state index in [0.717, 1.165) is 18.7 Å². The van der Waals surface area contributed by atoms with Gasteiger partial charge >= 0.3 is 0 Å². The predicted molar refractivity (Wildman–Crippen MR) is 107 cm³/mol. The van der Waals surface area contributed by atoms with Crippen LogP contribution in [0.5, 0.6) is 0 Å². The van der Waals surface area contributed by atoms with Crippen molar-refractivity contribution < 1.29 is 9.53 Å². The third kappa shape index (κ3) is 5.64. The van der Waals surface area contributed by atoms with E-state index in [1.807, 2.05) is 6.92 Å². The van der Waals surface area contributed by atoms with E-state index in [-0.39, 0.29) is 17.0 Å². The second kappa shape index (κ2) is 10.4. The van der Waals surface area contributed by atoms with Crippen molar-refractivity contribution in [3.8, 4) is 0 Å². The number of aliphatic imine (C=N–C) groups is 2. The normalized spacial score (nSPS) is 17.3. The topological polar surface area (TPSA) is 66.3 Å². The molecule has 1 saturated heterocycles. The summed E-state index contributed by atoms with van der Waals surface area (Å²) in [6.45, 7) is 8.65. The van der Waals surface area contributed by atoms with Crippen molar-refractivity contribution in [3.63, 3.8) is 0 Å². The number of nitrogens with one attached hydrogen (secondary N) is 1. The molecule has 26 heavy (non-hydrogen) atoms. The average Bonchev–Trinajstić information content (AvgIpc) is 2.65. The first-order valence-corrected chi connectivity index (χ1v) is 8.98. The Morgan fingerprint density at radius 2 is 2.15 bits per heavy atom. The van der Waals surface area contributed by atoms with Crippen LogP contribution in [0.15, 0.2) is 40.0 Å². The maximum Gasteiger partial charge on any atom is 0.252 e. The molecule has 1 amide bonds. The highest BCUT2D eigenvalue weighted by atomic mass is 35.5. The highest BCUT2D eigenvalue weighted by Crippen LogP contribution is 2.25. The molecular formula is C18H22Cl2N4O2. The summed E-state index contributed by atoms with van der Waals surface area (Å²) in [4.78, 5) is 22.5. The van der Waals surface area contributed by atoms with Gasteiger partial charge in [-0.25, -0.2) is 4.99 Å². The second-order valence-corrected chi connectivity index (χ2v) is 6.58. The zero-order chi connectivity index (χ0) is 18.9. The molecule has 0 aromatic heterocycles. The van der Waals surface area contributed by atoms with Gasteiger partial charge in [0.25, 0.3) is 5.91 Å². The molecule has 8 heteroatoms. The summed E-state index contributed by atoms with van der Waals surface area (Å²) in [5.74, 6) is -0.264. The first kappa shape index (κ1) is 20.6. The number of benzene rings is 1. The Labute approximate surface area is 163 Å². The van der Waals surface area contributed by atoms with Crippen LogP contribution in [0.2, 0.25) is 10.0 Å². The summed E-state index contributed by atoms with van der Waals surface area (Å²) >= 11 is 12.1. The number of halogens is 2. The van der Waals surface area contributed by atoms with Gasteiger partial charge in [-0.15, -0.1) is 0 Å². The molecule has 140 valence electrons. The van der Waals surface area contributed by atoms with Crippen LogP contribution >= 0.6 is 23.2 Å². The van der Waals surface area contributed by atoms with Crippen LogP contribution in [-0.4, -0.2) is 62.8 Å². The standard InChI is InChI=1S/C18H22Cl2N4O2/c1-13(10-22-12-21-2)16(24-6-8-26-9-7-24)11-23-18(25)14-4-3-5-15(19)17(14)20/h3-5,10,12,16H,2,6-9,11H2,1H3,(H,23,25)/b13-10+,22-12?. The van der Waals surface area contributed by atoms with Gasteiger partial charge in [0.2, 0.25) is 0 Å². The molecule has 2 rings (SSSR count). The molecular weight excluding hydrogens is 375 g/mol. The van der Waals surface area contributed by atoms with Gasteiger partial charge in [-0.05, 0) is 31.3 Å². The van der Waals surface area contributed by atoms with Gasteiger partial charge in [0.05, 0.1) is 28.8 Å². The van der Waals surface area contributed by atoms with E-state index >= 15 is 0 Å². The highest BCUT2D eigenvalue weighted by Gasteiger charge is 2.23. The molecule has 0 aliphatic carbocycles. The fourth-order valence-electron chi connectivity index (χ4n) is 2.72. The fourth-order valence-corrected chi connectivity index (χ4v) is 3.10. The SMILES string of the molecule is C=NC=N/C=C(\C)C(CNC(=O)c1cccc(Cl)c1Cl)N1CCOCC1. The number of nitrogens with zero attached hydrogens (tertiary/aromatic N) is 3. The summed E-state index contributed by atoms with van der Waals surface area (Å²) in [6, 6.07) is 4.99. The van der Waals surface area contributed by atoms with Gasteiger partial charge in [0.1, 0.15) is 6.34 Å². The van der Waals surface area contributed by atoms with Crippen molar-refractivity contribution in [2.24, 2.45) is 9.98 Å². The van der Waals surface area contributed by atoms with Gasteiger partial charge < -0.3 is 10.1 Å². The number of ether oxygens (including phenoxy) is 1. The molecule has 1 aliphatic heterocycles. The van der Waals surface area contributed by atoms with Crippen molar-refractivity contribution in [2.45, 2.75) is 13.0 Å². The molecule has 0 bridgehead atoms. The van der Waals surface area contributed by atoms with Gasteiger partial charge in [-0.2, -0.15) is 0 Å². The summed E-state index contributed by atoms with van der Waals surface area (Å²) in [5, 5.41) is 3.55. The van der Waals surface area contributed by atoms with Crippen molar-refractivity contribution in [2.75, 3.05) is 32.8 Å². The van der Waals surface area contributed by atoms with Crippen LogP contribution in [0, 0.1) is 0 Å². The van der Waals surface area contributed by atoms with E-state index < -0.39 is 0 Å². The largest absolute Gasteiger partial charge is 0.379 e. The molecule has 0 saturated carbocycles. The molecule has 1 heterocycles. The van der Waals surface area contributed by atoms with Crippen molar-refractivity contribution >= 4 is 42.2 Å². The second-order valence-electron chi connectivity index (χ2n) is 5.80. The van der Waals surface area contributed by atoms with Crippen LogP contribution in [-0.2, 0) is 4.74 Å². The Kier molecular flexibility index (Phi) is 8.25. The van der Waals surface area contributed by atoms with Gasteiger partial charge in [0.15, 0.2) is 0 Å². The lowest BCUT2D eigenvalue weighted by molar-refractivity contribution is 0.0236. The quantitative estimate of drug-likeness (QED) is 0.568. The summed E-state index contributed by atoms with van der Waals surface area (Å²) in [6.07, 6.45) is 3.11. The average molecular weight is 397 g/mol. The van der Waals surface area contributed by atoms with Gasteiger partial charge in [-0.3, -0.25) is 14.7 Å². The lowest BCUT2D eigenvalue weighted by atomic mass is 10.1. The number of hydrogen-bond donors (Lipinski definition) is 1. The third-order valence-electron chi connectivity index (χ3n) is 4.09. The molecule has 0 spiro atoms. The van der Waals surface area contributed by atoms with Crippen molar-refractivity contribution in [1.29, 1.82) is 0 Å². The minimum Gasteiger partial charge on any atom is -0.379 e. The monoisotopic (exact) mass is 396 g/mol. The zero-order valence-electron chi connectivity index (χ0n) is 14.6. The van der Waals surface area contributed by atoms with Gasteiger partial charge in [-0.1, -0.05) is 29.3 Å². The smallest absolute Gasteiger partial charge is 0.252 e. The fraction of sp³-hybridized carbons (Fsp3) is 0.389. The zero-order valence-corrected chi connectivity index (χ0v) is 16.1. The minimum absolute atomic E-state index is 0.0113. The van der Waals surface area contributed by atoms with Crippen molar-refractivity contribution in [3.05, 3.63) is 45.6 Å². The summed E-state index contributed by atoms with van der Waals surface area (Å²) < 4.78 is 5.42. The number of morpholine rings is 1. The molecule has 1 aromatic carbocycles. The summed E-state index contributed by atoms with van der Waals surface area (Å²) in [5.41, 5.74) is 1.36. The molecule has 0 radical (unpaired) electrons. The van der Waals surface area contributed by atoms with E-state index in [0.29, 0.717) is 30.3 Å². The Morgan fingerprint density at radius 3 is 2.85 bits per heavy atom. The Morgan fingerprint density at radius 1 is 1.42 bits per heavy atom. The van der Waals surface area contributed by atoms with Crippen LogP contribution in [0.25, 0.3) is 0 Å². The molecule has 6 nitrogen and oxygen atoms in total. The molecule has 1 atom stereocenters. The van der Waals surface area contributed by atoms with E-state index in [9.17, 15) is 4.79 Å². The van der Waals surface area contributed by atoms with E-state index in [1.165, 1.54) is 6.34 Å². The van der Waals surface area contributed by atoms with E-state index in [2.05, 4.69) is 26.9 Å². The Hall–Kier alpha value is -1.73. The maximum atomic E-state index is 12.5. The molecule has 1 unspecified atom stereocenters. The highest BCUT2D eigenvalue weighted by molar-refractivity contribution is 6.43. The minimum atomic E-state index is -0.264. The van der Waals surface area contributed by atoms with E-state index in [1.54, 1.807) is 24.4 Å². The first-order valence-electron chi connectivity index (χ1n) is 8.22. The lowest BCUT2D eigenvalue weighted by Gasteiger charge is -2.35. The van der Waals surface area contributed by atoms with Crippen molar-refractivity contribution in [1.82, 2.24) is 10.2 Å². The number of hydrogen-bond acceptors (Lipinski definition) is 4. The van der Waals surface area contributed by atoms with Crippen LogP contribution in [0.4, 0.5) is 0 Å². The number of rotatable bonds is 7. The van der Waals surface area contributed by atoms with E-state index in [4.69, 9.17) is 27.9 Å². The maximum absolute atomic E-state index is 12.5. The van der Waals surface area contributed by atoms with Crippen LogP contribution < -0.4 is 5.32 Å².